The van der Waals surface area contributed by atoms with E-state index in [2.05, 4.69) is 16.0 Å². The molecule has 1 aromatic heterocycles. The van der Waals surface area contributed by atoms with Crippen molar-refractivity contribution >= 4 is 17.4 Å². The maximum Gasteiger partial charge on any atom is 0.209 e. The van der Waals surface area contributed by atoms with Gasteiger partial charge in [0.25, 0.3) is 0 Å². The summed E-state index contributed by atoms with van der Waals surface area (Å²) in [6.45, 7) is 4.21. The molecule has 2 aromatic rings. The predicted octanol–water partition coefficient (Wildman–Crippen LogP) is 0.834. The zero-order valence-electron chi connectivity index (χ0n) is 11.8. The molecule has 0 unspecified atom stereocenters. The molecule has 0 radical (unpaired) electrons. The topological polar surface area (TPSA) is 65.2 Å². The summed E-state index contributed by atoms with van der Waals surface area (Å²) in [7, 11) is 0. The molecule has 2 heterocycles. The van der Waals surface area contributed by atoms with Gasteiger partial charge in [-0.15, -0.1) is 0 Å². The molecule has 6 nitrogen and oxygen atoms in total. The van der Waals surface area contributed by atoms with Crippen LogP contribution in [0.3, 0.4) is 0 Å². The van der Waals surface area contributed by atoms with Crippen LogP contribution in [0, 0.1) is 11.3 Å². The number of carbonyl (C=O) groups excluding carboxylic acids is 1. The van der Waals surface area contributed by atoms with Crippen LogP contribution in [0.15, 0.2) is 24.3 Å². The number of aromatic nitrogens is 2. The second-order valence-electron chi connectivity index (χ2n) is 5.18. The summed E-state index contributed by atoms with van der Waals surface area (Å²) in [5.74, 6) is 0.914. The molecule has 1 fully saturated rings. The van der Waals surface area contributed by atoms with Crippen LogP contribution in [-0.4, -0.2) is 51.9 Å². The van der Waals surface area contributed by atoms with Gasteiger partial charge in [-0.25, -0.2) is 4.98 Å². The van der Waals surface area contributed by atoms with Gasteiger partial charge in [-0.1, -0.05) is 12.1 Å². The maximum atomic E-state index is 10.7. The van der Waals surface area contributed by atoms with Gasteiger partial charge in [-0.2, -0.15) is 5.26 Å². The molecule has 1 aromatic carbocycles. The van der Waals surface area contributed by atoms with E-state index in [1.807, 2.05) is 28.8 Å². The molecule has 0 saturated carbocycles. The van der Waals surface area contributed by atoms with Crippen molar-refractivity contribution in [1.82, 2.24) is 19.4 Å². The van der Waals surface area contributed by atoms with Gasteiger partial charge in [-0.3, -0.25) is 9.69 Å². The Hall–Kier alpha value is -2.39. The molecule has 21 heavy (non-hydrogen) atoms. The first-order valence-corrected chi connectivity index (χ1v) is 7.04. The molecule has 3 rings (SSSR count). The molecule has 1 amide bonds. The molecule has 0 atom stereocenters. The van der Waals surface area contributed by atoms with Crippen LogP contribution in [0.4, 0.5) is 0 Å². The standard InChI is InChI=1S/C15H17N5O/c16-5-6-20-14-4-2-1-3-13(14)17-15(20)11-18-7-9-19(12-21)10-8-18/h1-4,12H,6-11H2. The van der Waals surface area contributed by atoms with Crippen LogP contribution in [0.1, 0.15) is 5.82 Å². The number of benzene rings is 1. The number of nitrogens with zero attached hydrogens (tertiary/aromatic N) is 5. The Bertz CT molecular complexity index is 679. The quantitative estimate of drug-likeness (QED) is 0.780. The van der Waals surface area contributed by atoms with E-state index in [0.29, 0.717) is 13.1 Å². The number of hydrogen-bond donors (Lipinski definition) is 0. The van der Waals surface area contributed by atoms with Crippen molar-refractivity contribution in [3.63, 3.8) is 0 Å². The van der Waals surface area contributed by atoms with Gasteiger partial charge in [0.2, 0.25) is 6.41 Å². The highest BCUT2D eigenvalue weighted by Crippen LogP contribution is 2.17. The Morgan fingerprint density at radius 1 is 1.24 bits per heavy atom. The molecule has 1 aliphatic rings. The van der Waals surface area contributed by atoms with E-state index in [-0.39, 0.29) is 0 Å². The number of imidazole rings is 1. The van der Waals surface area contributed by atoms with E-state index >= 15 is 0 Å². The summed E-state index contributed by atoms with van der Waals surface area (Å²) in [6, 6.07) is 10.1. The van der Waals surface area contributed by atoms with Gasteiger partial charge >= 0.3 is 0 Å². The van der Waals surface area contributed by atoms with Crippen molar-refractivity contribution in [3.8, 4) is 6.07 Å². The summed E-state index contributed by atoms with van der Waals surface area (Å²) in [5.41, 5.74) is 1.93. The van der Waals surface area contributed by atoms with Gasteiger partial charge in [0.15, 0.2) is 0 Å². The first-order valence-electron chi connectivity index (χ1n) is 7.04. The first kappa shape index (κ1) is 13.6. The second-order valence-corrected chi connectivity index (χ2v) is 5.18. The molecule has 1 aliphatic heterocycles. The van der Waals surface area contributed by atoms with Crippen molar-refractivity contribution in [3.05, 3.63) is 30.1 Å². The smallest absolute Gasteiger partial charge is 0.209 e. The number of hydrogen-bond acceptors (Lipinski definition) is 4. The van der Waals surface area contributed by atoms with Crippen LogP contribution in [0.2, 0.25) is 0 Å². The van der Waals surface area contributed by atoms with E-state index in [0.717, 1.165) is 49.4 Å². The molecular formula is C15H17N5O. The average Bonchev–Trinajstić information content (AvgIpc) is 2.86. The molecule has 6 heteroatoms. The molecule has 0 N–H and O–H groups in total. The van der Waals surface area contributed by atoms with Crippen molar-refractivity contribution in [2.24, 2.45) is 0 Å². The molecule has 108 valence electrons. The Balaban J connectivity index is 1.82. The molecule has 0 aliphatic carbocycles. The first-order chi connectivity index (χ1) is 10.3. The number of rotatable bonds is 4. The van der Waals surface area contributed by atoms with E-state index in [1.54, 1.807) is 4.90 Å². The minimum absolute atomic E-state index is 0.310. The lowest BCUT2D eigenvalue weighted by Crippen LogP contribution is -2.45. The zero-order valence-corrected chi connectivity index (χ0v) is 11.8. The van der Waals surface area contributed by atoms with E-state index in [4.69, 9.17) is 5.26 Å². The van der Waals surface area contributed by atoms with Crippen LogP contribution in [0.5, 0.6) is 0 Å². The minimum atomic E-state index is 0.310. The van der Waals surface area contributed by atoms with Crippen LogP contribution >= 0.6 is 0 Å². The lowest BCUT2D eigenvalue weighted by atomic mass is 10.3. The monoisotopic (exact) mass is 283 g/mol. The third kappa shape index (κ3) is 2.73. The molecule has 0 spiro atoms. The van der Waals surface area contributed by atoms with Crippen LogP contribution in [0.25, 0.3) is 11.0 Å². The van der Waals surface area contributed by atoms with E-state index in [9.17, 15) is 4.79 Å². The second kappa shape index (κ2) is 5.94. The van der Waals surface area contributed by atoms with Gasteiger partial charge in [0.05, 0.1) is 23.6 Å². The summed E-state index contributed by atoms with van der Waals surface area (Å²) < 4.78 is 1.97. The number of fused-ring (bicyclic) bond motifs is 1. The Morgan fingerprint density at radius 2 is 2.00 bits per heavy atom. The fourth-order valence-electron chi connectivity index (χ4n) is 2.72. The summed E-state index contributed by atoms with van der Waals surface area (Å²) >= 11 is 0. The number of para-hydroxylation sites is 2. The predicted molar refractivity (Wildman–Crippen MR) is 78.3 cm³/mol. The highest BCUT2D eigenvalue weighted by Gasteiger charge is 2.18. The minimum Gasteiger partial charge on any atom is -0.343 e. The van der Waals surface area contributed by atoms with Crippen molar-refractivity contribution in [2.75, 3.05) is 26.2 Å². The zero-order chi connectivity index (χ0) is 14.7. The van der Waals surface area contributed by atoms with Gasteiger partial charge in [0.1, 0.15) is 12.4 Å². The number of carbonyl (C=O) groups is 1. The number of piperazine rings is 1. The fourth-order valence-corrected chi connectivity index (χ4v) is 2.72. The summed E-state index contributed by atoms with van der Waals surface area (Å²) in [5, 5.41) is 9.04. The van der Waals surface area contributed by atoms with Gasteiger partial charge in [0, 0.05) is 26.2 Å². The Morgan fingerprint density at radius 3 is 2.71 bits per heavy atom. The highest BCUT2D eigenvalue weighted by molar-refractivity contribution is 5.76. The SMILES string of the molecule is N#CCn1c(CN2CCN(C=O)CC2)nc2ccccc21. The third-order valence-corrected chi connectivity index (χ3v) is 3.88. The van der Waals surface area contributed by atoms with E-state index in [1.165, 1.54) is 0 Å². The summed E-state index contributed by atoms with van der Waals surface area (Å²) in [4.78, 5) is 19.4. The summed E-state index contributed by atoms with van der Waals surface area (Å²) in [6.07, 6.45) is 0.905. The largest absolute Gasteiger partial charge is 0.343 e. The Labute approximate surface area is 123 Å². The number of amides is 1. The highest BCUT2D eigenvalue weighted by atomic mass is 16.1. The number of nitriles is 1. The fraction of sp³-hybridized carbons (Fsp3) is 0.400. The van der Waals surface area contributed by atoms with Crippen molar-refractivity contribution in [2.45, 2.75) is 13.1 Å². The maximum absolute atomic E-state index is 10.7. The van der Waals surface area contributed by atoms with Gasteiger partial charge < -0.3 is 9.47 Å². The lowest BCUT2D eigenvalue weighted by molar-refractivity contribution is -0.119. The Kier molecular flexibility index (Phi) is 3.84. The average molecular weight is 283 g/mol. The van der Waals surface area contributed by atoms with E-state index < -0.39 is 0 Å². The van der Waals surface area contributed by atoms with Crippen molar-refractivity contribution in [1.29, 1.82) is 5.26 Å². The van der Waals surface area contributed by atoms with Crippen LogP contribution < -0.4 is 0 Å². The molecular weight excluding hydrogens is 266 g/mol. The van der Waals surface area contributed by atoms with Crippen LogP contribution in [-0.2, 0) is 17.9 Å². The molecule has 1 saturated heterocycles. The van der Waals surface area contributed by atoms with Crippen molar-refractivity contribution < 1.29 is 4.79 Å². The molecule has 0 bridgehead atoms. The third-order valence-electron chi connectivity index (χ3n) is 3.88. The van der Waals surface area contributed by atoms with Gasteiger partial charge in [-0.05, 0) is 12.1 Å². The normalized spacial score (nSPS) is 16.0. The lowest BCUT2D eigenvalue weighted by Gasteiger charge is -2.32.